The fourth-order valence-electron chi connectivity index (χ4n) is 4.09. The molecule has 1 N–H and O–H groups in total. The summed E-state index contributed by atoms with van der Waals surface area (Å²) in [5, 5.41) is 0. The van der Waals surface area contributed by atoms with Gasteiger partial charge in [0, 0.05) is 6.42 Å². The average molecular weight is 605 g/mol. The van der Waals surface area contributed by atoms with Gasteiger partial charge in [-0.25, -0.2) is 4.57 Å². The molecule has 1 rings (SSSR count). The first-order valence-corrected chi connectivity index (χ1v) is 16.8. The van der Waals surface area contributed by atoms with Crippen molar-refractivity contribution in [2.75, 3.05) is 47.5 Å². The van der Waals surface area contributed by atoms with Crippen LogP contribution >= 0.6 is 7.82 Å². The maximum atomic E-state index is 12.3. The second-order valence-corrected chi connectivity index (χ2v) is 13.1. The van der Waals surface area contributed by atoms with Crippen molar-refractivity contribution < 1.29 is 46.5 Å². The van der Waals surface area contributed by atoms with Gasteiger partial charge in [0.1, 0.15) is 31.9 Å². The number of phosphoric ester groups is 1. The van der Waals surface area contributed by atoms with E-state index < -0.39 is 32.5 Å². The zero-order chi connectivity index (χ0) is 30.4. The molecule has 1 unspecified atom stereocenters. The number of likely N-dealkylation sites (N-methyl/N-ethyl adjacent to an activating group) is 1. The molecule has 238 valence electrons. The lowest BCUT2D eigenvalue weighted by Gasteiger charge is -2.24. The van der Waals surface area contributed by atoms with Crippen LogP contribution in [0.1, 0.15) is 103 Å². The number of furan rings is 1. The lowest BCUT2D eigenvalue weighted by Crippen LogP contribution is -2.37. The molecule has 10 nitrogen and oxygen atoms in total. The van der Waals surface area contributed by atoms with E-state index in [-0.39, 0.29) is 26.1 Å². The van der Waals surface area contributed by atoms with Crippen molar-refractivity contribution in [2.45, 2.75) is 109 Å². The van der Waals surface area contributed by atoms with Gasteiger partial charge in [0.15, 0.2) is 6.10 Å². The number of carbonyl (C=O) groups is 2. The van der Waals surface area contributed by atoms with Crippen molar-refractivity contribution >= 4 is 19.8 Å². The molecule has 0 fully saturated rings. The highest BCUT2D eigenvalue weighted by atomic mass is 31.2. The molecule has 0 amide bonds. The predicted molar refractivity (Wildman–Crippen MR) is 158 cm³/mol. The summed E-state index contributed by atoms with van der Waals surface area (Å²) in [6, 6.07) is 3.28. The van der Waals surface area contributed by atoms with E-state index in [9.17, 15) is 19.0 Å². The van der Waals surface area contributed by atoms with Crippen molar-refractivity contribution in [1.29, 1.82) is 0 Å². The van der Waals surface area contributed by atoms with Gasteiger partial charge < -0.3 is 23.3 Å². The molecule has 0 spiro atoms. The molecule has 0 saturated carbocycles. The number of carbonyl (C=O) groups excluding carboxylic acids is 2. The number of hydrogen-bond acceptors (Lipinski definition) is 8. The number of rotatable bonds is 26. The molecule has 41 heavy (non-hydrogen) atoms. The molecule has 11 heteroatoms. The molecule has 0 aliphatic heterocycles. The first-order valence-electron chi connectivity index (χ1n) is 15.3. The predicted octanol–water partition coefficient (Wildman–Crippen LogP) is 6.60. The normalized spacial score (nSPS) is 14.0. The summed E-state index contributed by atoms with van der Waals surface area (Å²) < 4.78 is 38.7. The fraction of sp³-hybridized carbons (Fsp3) is 0.800. The smallest absolute Gasteiger partial charge is 0.469 e. The highest BCUT2D eigenvalue weighted by molar-refractivity contribution is 7.47. The van der Waals surface area contributed by atoms with Crippen LogP contribution in [0.15, 0.2) is 22.8 Å². The van der Waals surface area contributed by atoms with Crippen LogP contribution in [-0.4, -0.2) is 74.9 Å². The summed E-state index contributed by atoms with van der Waals surface area (Å²) in [5.74, 6) is -0.642. The Hall–Kier alpha value is -1.71. The van der Waals surface area contributed by atoms with E-state index in [0.717, 1.165) is 19.3 Å². The Morgan fingerprint density at radius 1 is 0.878 bits per heavy atom. The van der Waals surface area contributed by atoms with Gasteiger partial charge in [-0.15, -0.1) is 0 Å². The molecule has 1 aromatic rings. The van der Waals surface area contributed by atoms with E-state index in [1.807, 2.05) is 21.1 Å². The molecule has 0 bridgehead atoms. The number of nitrogens with zero attached hydrogens (tertiary/aromatic N) is 1. The minimum atomic E-state index is -4.38. The summed E-state index contributed by atoms with van der Waals surface area (Å²) in [6.45, 7) is 1.99. The summed E-state index contributed by atoms with van der Waals surface area (Å²) >= 11 is 0. The molecule has 1 aromatic heterocycles. The second-order valence-electron chi connectivity index (χ2n) is 11.7. The minimum Gasteiger partial charge on any atom is -0.469 e. The molecular formula is C30H55NO9P+. The Morgan fingerprint density at radius 2 is 1.46 bits per heavy atom. The van der Waals surface area contributed by atoms with Gasteiger partial charge in [0.2, 0.25) is 0 Å². The van der Waals surface area contributed by atoms with E-state index >= 15 is 0 Å². The fourth-order valence-corrected chi connectivity index (χ4v) is 4.83. The summed E-state index contributed by atoms with van der Waals surface area (Å²) in [7, 11) is 1.39. The summed E-state index contributed by atoms with van der Waals surface area (Å²) in [4.78, 5) is 34.6. The van der Waals surface area contributed by atoms with Crippen LogP contribution < -0.4 is 0 Å². The largest absolute Gasteiger partial charge is 0.472 e. The first kappa shape index (κ1) is 37.3. The lowest BCUT2D eigenvalue weighted by atomic mass is 10.0. The quantitative estimate of drug-likeness (QED) is 0.0539. The molecule has 0 saturated heterocycles. The Labute approximate surface area is 247 Å². The molecule has 0 radical (unpaired) electrons. The third-order valence-electron chi connectivity index (χ3n) is 6.55. The van der Waals surface area contributed by atoms with Crippen LogP contribution in [-0.2, 0) is 39.1 Å². The van der Waals surface area contributed by atoms with Gasteiger partial charge in [-0.1, -0.05) is 84.0 Å². The molecule has 0 aliphatic carbocycles. The van der Waals surface area contributed by atoms with Crippen LogP contribution in [0, 0.1) is 0 Å². The second kappa shape index (κ2) is 21.9. The maximum Gasteiger partial charge on any atom is 0.472 e. The van der Waals surface area contributed by atoms with Gasteiger partial charge in [-0.3, -0.25) is 18.6 Å². The number of unbranched alkanes of at least 4 members (excludes halogenated alkanes) is 12. The average Bonchev–Trinajstić information content (AvgIpc) is 3.40. The monoisotopic (exact) mass is 604 g/mol. The van der Waals surface area contributed by atoms with Gasteiger partial charge in [-0.2, -0.15) is 0 Å². The first-order chi connectivity index (χ1) is 19.5. The van der Waals surface area contributed by atoms with E-state index in [0.29, 0.717) is 16.8 Å². The zero-order valence-corrected chi connectivity index (χ0v) is 26.7. The van der Waals surface area contributed by atoms with Crippen LogP contribution in [0.4, 0.5) is 0 Å². The van der Waals surface area contributed by atoms with Crippen molar-refractivity contribution in [1.82, 2.24) is 0 Å². The van der Waals surface area contributed by atoms with Crippen molar-refractivity contribution in [3.05, 3.63) is 24.2 Å². The van der Waals surface area contributed by atoms with E-state index in [1.165, 1.54) is 70.5 Å². The van der Waals surface area contributed by atoms with Crippen molar-refractivity contribution in [3.8, 4) is 0 Å². The Balaban J connectivity index is 2.32. The van der Waals surface area contributed by atoms with E-state index in [4.69, 9.17) is 22.9 Å². The maximum absolute atomic E-state index is 12.3. The third-order valence-corrected chi connectivity index (χ3v) is 7.54. The number of ether oxygens (including phenoxy) is 2. The van der Waals surface area contributed by atoms with Gasteiger partial charge >= 0.3 is 19.8 Å². The SMILES string of the molecule is CCCCCCCCCCCCCCCC(=O)OC[C@H](COP(=O)(O)OCC[N+](C)(C)C)OC(=O)Cc1ccco1. The van der Waals surface area contributed by atoms with E-state index in [1.54, 1.807) is 12.1 Å². The highest BCUT2D eigenvalue weighted by Crippen LogP contribution is 2.43. The molecule has 0 aromatic carbocycles. The minimum absolute atomic E-state index is 0.00827. The molecular weight excluding hydrogens is 549 g/mol. The molecule has 0 aliphatic rings. The topological polar surface area (TPSA) is 122 Å². The van der Waals surface area contributed by atoms with Crippen molar-refractivity contribution in [2.24, 2.45) is 0 Å². The summed E-state index contributed by atoms with van der Waals surface area (Å²) in [6.07, 6.45) is 16.3. The van der Waals surface area contributed by atoms with Gasteiger partial charge in [0.25, 0.3) is 0 Å². The van der Waals surface area contributed by atoms with Crippen LogP contribution in [0.2, 0.25) is 0 Å². The summed E-state index contributed by atoms with van der Waals surface area (Å²) in [5.41, 5.74) is 0. The Morgan fingerprint density at radius 3 is 2.00 bits per heavy atom. The van der Waals surface area contributed by atoms with Crippen molar-refractivity contribution in [3.63, 3.8) is 0 Å². The Kier molecular flexibility index (Phi) is 19.9. The molecule has 2 atom stereocenters. The van der Waals surface area contributed by atoms with Crippen LogP contribution in [0.25, 0.3) is 0 Å². The number of esters is 2. The molecule has 1 heterocycles. The van der Waals surface area contributed by atoms with Crippen LogP contribution in [0.3, 0.4) is 0 Å². The lowest BCUT2D eigenvalue weighted by molar-refractivity contribution is -0.870. The highest BCUT2D eigenvalue weighted by Gasteiger charge is 2.27. The van der Waals surface area contributed by atoms with Gasteiger partial charge in [-0.05, 0) is 18.6 Å². The Bertz CT molecular complexity index is 855. The van der Waals surface area contributed by atoms with Gasteiger partial charge in [0.05, 0.1) is 34.0 Å². The van der Waals surface area contributed by atoms with Crippen LogP contribution in [0.5, 0.6) is 0 Å². The standard InChI is InChI=1S/C30H54NO9P/c1-5-6-7-8-9-10-11-12-13-14-15-16-17-20-29(32)37-25-28(40-30(33)24-27-19-18-22-36-27)26-39-41(34,35)38-23-21-31(2,3)4/h18-19,22,28H,5-17,20-21,23-26H2,1-4H3/p+1/t28-/m1/s1. The number of hydrogen-bond donors (Lipinski definition) is 1. The van der Waals surface area contributed by atoms with E-state index in [2.05, 4.69) is 6.92 Å². The third kappa shape index (κ3) is 22.5. The zero-order valence-electron chi connectivity index (χ0n) is 25.9. The number of quaternary nitrogens is 1. The number of phosphoric acid groups is 1.